The van der Waals surface area contributed by atoms with Gasteiger partial charge in [-0.2, -0.15) is 0 Å². The Morgan fingerprint density at radius 2 is 1.12 bits per heavy atom. The maximum atomic E-state index is 2.49. The average Bonchev–Trinajstić information content (AvgIpc) is 2.27. The molecule has 2 heteroatoms. The zero-order valence-electron chi connectivity index (χ0n) is 10.6. The smallest absolute Gasteiger partial charge is 0.0548 e. The Balaban J connectivity index is 2.46. The molecule has 2 atom stereocenters. The molecule has 0 heterocycles. The molecule has 0 N–H and O–H groups in total. The van der Waals surface area contributed by atoms with Crippen LogP contribution >= 0.6 is 0 Å². The van der Waals surface area contributed by atoms with Crippen LogP contribution < -0.4 is 0 Å². The van der Waals surface area contributed by atoms with Crippen LogP contribution in [0.5, 0.6) is 0 Å². The van der Waals surface area contributed by atoms with E-state index in [0.29, 0.717) is 0 Å². The maximum Gasteiger partial charge on any atom is 0.0548 e. The summed E-state index contributed by atoms with van der Waals surface area (Å²) in [5.74, 6) is 0. The summed E-state index contributed by atoms with van der Waals surface area (Å²) < 4.78 is 0. The van der Waals surface area contributed by atoms with Gasteiger partial charge in [0.2, 0.25) is 0 Å². The van der Waals surface area contributed by atoms with Crippen molar-refractivity contribution in [1.29, 1.82) is 0 Å². The molecule has 2 radical (unpaired) electrons. The summed E-state index contributed by atoms with van der Waals surface area (Å²) in [4.78, 5) is 0. The van der Waals surface area contributed by atoms with Crippen molar-refractivity contribution in [2.75, 3.05) is 0 Å². The van der Waals surface area contributed by atoms with Crippen molar-refractivity contribution in [2.45, 2.75) is 37.3 Å². The molecule has 16 heavy (non-hydrogen) atoms. The molecule has 1 aromatic carbocycles. The summed E-state index contributed by atoms with van der Waals surface area (Å²) in [6, 6.07) is 9.09. The lowest BCUT2D eigenvalue weighted by Crippen LogP contribution is -2.24. The van der Waals surface area contributed by atoms with E-state index in [9.17, 15) is 0 Å². The minimum atomic E-state index is -0.271. The molecule has 2 unspecified atom stereocenters. The second-order valence-corrected chi connectivity index (χ2v) is 10.7. The summed E-state index contributed by atoms with van der Waals surface area (Å²) >= 11 is 0. The Kier molecular flexibility index (Phi) is 3.50. The molecule has 0 saturated carbocycles. The fourth-order valence-electron chi connectivity index (χ4n) is 2.51. The van der Waals surface area contributed by atoms with Crippen molar-refractivity contribution in [3.8, 4) is 0 Å². The monoisotopic (exact) mass is 244 g/mol. The van der Waals surface area contributed by atoms with Crippen LogP contribution in [-0.2, 0) is 0 Å². The third-order valence-electron chi connectivity index (χ3n) is 3.41. The molecule has 0 bridgehead atoms. The minimum Gasteiger partial charge on any atom is -0.0837 e. The highest BCUT2D eigenvalue weighted by Gasteiger charge is 2.26. The van der Waals surface area contributed by atoms with E-state index in [2.05, 4.69) is 62.6 Å². The summed E-state index contributed by atoms with van der Waals surface area (Å²) in [6.07, 6.45) is 4.97. The van der Waals surface area contributed by atoms with E-state index >= 15 is 0 Å². The van der Waals surface area contributed by atoms with E-state index in [0.717, 1.165) is 11.1 Å². The van der Waals surface area contributed by atoms with E-state index in [1.165, 1.54) is 0 Å². The van der Waals surface area contributed by atoms with Gasteiger partial charge in [-0.25, -0.2) is 0 Å². The van der Waals surface area contributed by atoms with Crippen LogP contribution in [0.1, 0.15) is 22.2 Å². The van der Waals surface area contributed by atoms with Crippen LogP contribution in [0.3, 0.4) is 0 Å². The molecule has 1 aromatic rings. The first-order chi connectivity index (χ1) is 7.61. The van der Waals surface area contributed by atoms with Crippen LogP contribution in [0.15, 0.2) is 36.4 Å². The van der Waals surface area contributed by atoms with Gasteiger partial charge in [-0.15, -0.1) is 0 Å². The van der Waals surface area contributed by atoms with Crippen LogP contribution in [-0.4, -0.2) is 17.6 Å². The van der Waals surface area contributed by atoms with Gasteiger partial charge in [-0.05, 0) is 22.2 Å². The van der Waals surface area contributed by atoms with E-state index in [4.69, 9.17) is 0 Å². The average molecular weight is 244 g/mol. The Bertz CT molecular complexity index is 356. The van der Waals surface area contributed by atoms with E-state index in [-0.39, 0.29) is 17.6 Å². The Morgan fingerprint density at radius 1 is 0.750 bits per heavy atom. The van der Waals surface area contributed by atoms with Crippen LogP contribution in [0.4, 0.5) is 0 Å². The highest BCUT2D eigenvalue weighted by atomic mass is 28.3. The zero-order valence-corrected chi connectivity index (χ0v) is 12.6. The van der Waals surface area contributed by atoms with Gasteiger partial charge >= 0.3 is 0 Å². The fourth-order valence-corrected chi connectivity index (χ4v) is 5.28. The molecule has 0 amide bonds. The molecular weight excluding hydrogens is 224 g/mol. The molecular formula is C14H20Si2. The third-order valence-corrected chi connectivity index (χ3v) is 6.90. The Morgan fingerprint density at radius 3 is 1.44 bits per heavy atom. The number of rotatable bonds is 2. The normalized spacial score (nSPS) is 23.9. The molecule has 0 spiro atoms. The Labute approximate surface area is 103 Å². The van der Waals surface area contributed by atoms with Crippen molar-refractivity contribution >= 4 is 17.6 Å². The lowest BCUT2D eigenvalue weighted by Gasteiger charge is -2.30. The third kappa shape index (κ3) is 2.09. The quantitative estimate of drug-likeness (QED) is 0.545. The topological polar surface area (TPSA) is 0 Å². The maximum absolute atomic E-state index is 2.49. The highest BCUT2D eigenvalue weighted by molar-refractivity contribution is 6.60. The standard InChI is InChI=1S/C14H20Si2/c1-15(2)13-9-10-14(16(3)4)12-8-6-5-7-11(12)13/h5-10,13-14H,1-4H3. The van der Waals surface area contributed by atoms with Gasteiger partial charge in [-0.3, -0.25) is 0 Å². The molecule has 0 saturated heterocycles. The van der Waals surface area contributed by atoms with Crippen molar-refractivity contribution in [3.05, 3.63) is 47.5 Å². The van der Waals surface area contributed by atoms with Crippen molar-refractivity contribution in [3.63, 3.8) is 0 Å². The molecule has 84 valence electrons. The summed E-state index contributed by atoms with van der Waals surface area (Å²) in [5.41, 5.74) is 4.66. The SMILES string of the molecule is C[Si](C)C1C=CC([Si](C)C)c2ccccc21. The zero-order chi connectivity index (χ0) is 11.7. The number of hydrogen-bond donors (Lipinski definition) is 0. The number of fused-ring (bicyclic) bond motifs is 1. The minimum absolute atomic E-state index is 0.271. The molecule has 1 aliphatic carbocycles. The largest absolute Gasteiger partial charge is 0.0837 e. The van der Waals surface area contributed by atoms with Crippen LogP contribution in [0.25, 0.3) is 0 Å². The molecule has 2 rings (SSSR count). The van der Waals surface area contributed by atoms with Crippen molar-refractivity contribution in [1.82, 2.24) is 0 Å². The lowest BCUT2D eigenvalue weighted by molar-refractivity contribution is 1.00. The summed E-state index contributed by atoms with van der Waals surface area (Å²) in [7, 11) is -0.542. The predicted octanol–water partition coefficient (Wildman–Crippen LogP) is 4.01. The molecule has 0 nitrogen and oxygen atoms in total. The molecule has 0 aliphatic heterocycles. The predicted molar refractivity (Wildman–Crippen MR) is 76.0 cm³/mol. The van der Waals surface area contributed by atoms with E-state index in [1.807, 2.05) is 0 Å². The number of allylic oxidation sites excluding steroid dienone is 2. The van der Waals surface area contributed by atoms with Crippen LogP contribution in [0, 0.1) is 0 Å². The van der Waals surface area contributed by atoms with Gasteiger partial charge < -0.3 is 0 Å². The molecule has 0 fully saturated rings. The van der Waals surface area contributed by atoms with Gasteiger partial charge in [0.05, 0.1) is 17.6 Å². The summed E-state index contributed by atoms with van der Waals surface area (Å²) in [6.45, 7) is 9.67. The molecule has 0 aromatic heterocycles. The first-order valence-corrected chi connectivity index (χ1v) is 11.1. The van der Waals surface area contributed by atoms with E-state index < -0.39 is 0 Å². The second-order valence-electron chi connectivity index (χ2n) is 5.12. The number of hydrogen-bond acceptors (Lipinski definition) is 0. The highest BCUT2D eigenvalue weighted by Crippen LogP contribution is 2.36. The van der Waals surface area contributed by atoms with Crippen LogP contribution in [0.2, 0.25) is 26.2 Å². The van der Waals surface area contributed by atoms with Crippen molar-refractivity contribution < 1.29 is 0 Å². The van der Waals surface area contributed by atoms with Gasteiger partial charge in [0.1, 0.15) is 0 Å². The Hall–Kier alpha value is -0.606. The van der Waals surface area contributed by atoms with Gasteiger partial charge in [0.15, 0.2) is 0 Å². The lowest BCUT2D eigenvalue weighted by atomic mass is 9.96. The number of benzene rings is 1. The van der Waals surface area contributed by atoms with Gasteiger partial charge in [0.25, 0.3) is 0 Å². The van der Waals surface area contributed by atoms with Gasteiger partial charge in [-0.1, -0.05) is 62.6 Å². The first-order valence-electron chi connectivity index (χ1n) is 5.98. The first kappa shape index (κ1) is 11.9. The van der Waals surface area contributed by atoms with Crippen molar-refractivity contribution in [2.24, 2.45) is 0 Å². The fraction of sp³-hybridized carbons (Fsp3) is 0.429. The summed E-state index contributed by atoms with van der Waals surface area (Å²) in [5, 5.41) is 0. The second kappa shape index (κ2) is 4.72. The molecule has 1 aliphatic rings. The van der Waals surface area contributed by atoms with E-state index in [1.54, 1.807) is 11.1 Å². The van der Waals surface area contributed by atoms with Gasteiger partial charge in [0, 0.05) is 0 Å².